The first-order valence-electron chi connectivity index (χ1n) is 3.43. The first-order valence-corrected chi connectivity index (χ1v) is 4.22. The second-order valence-corrected chi connectivity index (χ2v) is 3.22. The van der Waals surface area contributed by atoms with Crippen LogP contribution in [-0.4, -0.2) is 6.03 Å². The number of urea groups is 1. The van der Waals surface area contributed by atoms with Crippen LogP contribution in [0, 0.1) is 6.92 Å². The van der Waals surface area contributed by atoms with Crippen LogP contribution in [-0.2, 0) is 0 Å². The molecule has 0 aliphatic heterocycles. The van der Waals surface area contributed by atoms with Crippen molar-refractivity contribution in [3.05, 3.63) is 28.2 Å². The van der Waals surface area contributed by atoms with Gasteiger partial charge in [0.15, 0.2) is 0 Å². The van der Waals surface area contributed by atoms with E-state index in [9.17, 15) is 4.79 Å². The first kappa shape index (κ1) is 9.06. The molecule has 0 spiro atoms. The molecule has 1 aromatic rings. The maximum absolute atomic E-state index is 10.5. The fraction of sp³-hybridized carbons (Fsp3) is 0.125. The molecular weight excluding hydrogens is 220 g/mol. The Morgan fingerprint density at radius 2 is 2.25 bits per heavy atom. The lowest BCUT2D eigenvalue weighted by molar-refractivity contribution is 0.259. The van der Waals surface area contributed by atoms with Crippen molar-refractivity contribution in [1.29, 1.82) is 0 Å². The third kappa shape index (κ3) is 1.98. The van der Waals surface area contributed by atoms with Crippen LogP contribution >= 0.6 is 15.9 Å². The molecule has 0 aliphatic rings. The van der Waals surface area contributed by atoms with E-state index in [2.05, 4.69) is 21.2 Å². The summed E-state index contributed by atoms with van der Waals surface area (Å²) in [6.07, 6.45) is 0. The Kier molecular flexibility index (Phi) is 2.70. The molecule has 0 atom stereocenters. The average molecular weight is 229 g/mol. The van der Waals surface area contributed by atoms with Gasteiger partial charge in [0.1, 0.15) is 0 Å². The number of primary amides is 1. The highest BCUT2D eigenvalue weighted by atomic mass is 79.9. The van der Waals surface area contributed by atoms with E-state index in [-0.39, 0.29) is 0 Å². The molecule has 0 bridgehead atoms. The van der Waals surface area contributed by atoms with Crippen LogP contribution in [0.5, 0.6) is 0 Å². The number of halogens is 1. The van der Waals surface area contributed by atoms with E-state index in [4.69, 9.17) is 5.73 Å². The molecule has 1 aromatic carbocycles. The summed E-state index contributed by atoms with van der Waals surface area (Å²) in [5.74, 6) is 0. The number of carbonyl (C=O) groups is 1. The van der Waals surface area contributed by atoms with Gasteiger partial charge in [-0.2, -0.15) is 0 Å². The lowest BCUT2D eigenvalue weighted by Crippen LogP contribution is -2.19. The van der Waals surface area contributed by atoms with Gasteiger partial charge in [0.2, 0.25) is 0 Å². The molecule has 3 N–H and O–H groups in total. The molecule has 0 fully saturated rings. The van der Waals surface area contributed by atoms with E-state index in [1.54, 1.807) is 6.07 Å². The summed E-state index contributed by atoms with van der Waals surface area (Å²) in [4.78, 5) is 10.5. The number of amides is 2. The van der Waals surface area contributed by atoms with Crippen molar-refractivity contribution in [2.24, 2.45) is 5.73 Å². The van der Waals surface area contributed by atoms with Gasteiger partial charge in [-0.1, -0.05) is 12.1 Å². The molecule has 0 radical (unpaired) electrons. The third-order valence-corrected chi connectivity index (χ3v) is 2.50. The van der Waals surface area contributed by atoms with E-state index >= 15 is 0 Å². The zero-order chi connectivity index (χ0) is 9.14. The van der Waals surface area contributed by atoms with E-state index in [1.165, 1.54) is 0 Å². The van der Waals surface area contributed by atoms with Gasteiger partial charge in [0.05, 0.1) is 5.69 Å². The van der Waals surface area contributed by atoms with Crippen LogP contribution in [0.4, 0.5) is 10.5 Å². The molecule has 0 aromatic heterocycles. The largest absolute Gasteiger partial charge is 0.351 e. The number of hydrogen-bond donors (Lipinski definition) is 2. The molecule has 0 saturated heterocycles. The van der Waals surface area contributed by atoms with E-state index in [0.717, 1.165) is 10.0 Å². The molecule has 1 rings (SSSR count). The predicted molar refractivity (Wildman–Crippen MR) is 52.1 cm³/mol. The monoisotopic (exact) mass is 228 g/mol. The van der Waals surface area contributed by atoms with E-state index in [1.807, 2.05) is 19.1 Å². The van der Waals surface area contributed by atoms with Crippen molar-refractivity contribution in [2.45, 2.75) is 6.92 Å². The third-order valence-electron chi connectivity index (χ3n) is 1.45. The number of hydrogen-bond acceptors (Lipinski definition) is 1. The number of benzene rings is 1. The van der Waals surface area contributed by atoms with Gasteiger partial charge in [0, 0.05) is 4.47 Å². The van der Waals surface area contributed by atoms with Crippen LogP contribution in [0.3, 0.4) is 0 Å². The average Bonchev–Trinajstić information content (AvgIpc) is 1.98. The minimum Gasteiger partial charge on any atom is -0.351 e. The molecule has 0 saturated carbocycles. The SMILES string of the molecule is Cc1cccc(NC(N)=O)c1Br. The summed E-state index contributed by atoms with van der Waals surface area (Å²) < 4.78 is 0.865. The zero-order valence-corrected chi connectivity index (χ0v) is 8.18. The zero-order valence-electron chi connectivity index (χ0n) is 6.60. The number of nitrogens with one attached hydrogen (secondary N) is 1. The van der Waals surface area contributed by atoms with Crippen LogP contribution in [0.2, 0.25) is 0 Å². The van der Waals surface area contributed by atoms with Crippen LogP contribution in [0.15, 0.2) is 22.7 Å². The van der Waals surface area contributed by atoms with Crippen LogP contribution < -0.4 is 11.1 Å². The minimum atomic E-state index is -0.554. The predicted octanol–water partition coefficient (Wildman–Crippen LogP) is 2.25. The van der Waals surface area contributed by atoms with Gasteiger partial charge < -0.3 is 11.1 Å². The van der Waals surface area contributed by atoms with Crippen molar-refractivity contribution >= 4 is 27.6 Å². The van der Waals surface area contributed by atoms with Gasteiger partial charge in [-0.05, 0) is 34.5 Å². The van der Waals surface area contributed by atoms with Gasteiger partial charge >= 0.3 is 6.03 Å². The standard InChI is InChI=1S/C8H9BrN2O/c1-5-3-2-4-6(7(5)9)11-8(10)12/h2-4H,1H3,(H3,10,11,12). The summed E-state index contributed by atoms with van der Waals surface area (Å²) in [5.41, 5.74) is 6.73. The Labute approximate surface area is 79.1 Å². The topological polar surface area (TPSA) is 55.1 Å². The molecule has 0 unspecified atom stereocenters. The summed E-state index contributed by atoms with van der Waals surface area (Å²) >= 11 is 3.34. The van der Waals surface area contributed by atoms with Gasteiger partial charge in [0.25, 0.3) is 0 Å². The Balaban J connectivity index is 3.00. The highest BCUT2D eigenvalue weighted by molar-refractivity contribution is 9.10. The number of aryl methyl sites for hydroxylation is 1. The Bertz CT molecular complexity index is 312. The van der Waals surface area contributed by atoms with E-state index in [0.29, 0.717) is 5.69 Å². The van der Waals surface area contributed by atoms with Crippen molar-refractivity contribution in [1.82, 2.24) is 0 Å². The van der Waals surface area contributed by atoms with Gasteiger partial charge in [-0.15, -0.1) is 0 Å². The quantitative estimate of drug-likeness (QED) is 0.762. The Morgan fingerprint density at radius 1 is 1.58 bits per heavy atom. The smallest absolute Gasteiger partial charge is 0.316 e. The maximum Gasteiger partial charge on any atom is 0.316 e. The lowest BCUT2D eigenvalue weighted by atomic mass is 10.2. The molecular formula is C8H9BrN2O. The second-order valence-electron chi connectivity index (χ2n) is 2.43. The normalized spacial score (nSPS) is 9.50. The lowest BCUT2D eigenvalue weighted by Gasteiger charge is -2.05. The summed E-state index contributed by atoms with van der Waals surface area (Å²) in [6, 6.07) is 5.02. The fourth-order valence-corrected chi connectivity index (χ4v) is 1.24. The number of carbonyl (C=O) groups excluding carboxylic acids is 1. The Hall–Kier alpha value is -1.03. The molecule has 12 heavy (non-hydrogen) atoms. The summed E-state index contributed by atoms with van der Waals surface area (Å²) in [5, 5.41) is 2.51. The van der Waals surface area contributed by atoms with Crippen molar-refractivity contribution < 1.29 is 4.79 Å². The highest BCUT2D eigenvalue weighted by Gasteiger charge is 2.02. The summed E-state index contributed by atoms with van der Waals surface area (Å²) in [6.45, 7) is 1.94. The van der Waals surface area contributed by atoms with Gasteiger partial charge in [-0.25, -0.2) is 4.79 Å². The fourth-order valence-electron chi connectivity index (χ4n) is 0.877. The molecule has 0 heterocycles. The number of nitrogens with two attached hydrogens (primary N) is 1. The minimum absolute atomic E-state index is 0.554. The first-order chi connectivity index (χ1) is 5.61. The molecule has 64 valence electrons. The highest BCUT2D eigenvalue weighted by Crippen LogP contribution is 2.25. The van der Waals surface area contributed by atoms with Crippen molar-refractivity contribution in [3.8, 4) is 0 Å². The second kappa shape index (κ2) is 3.58. The van der Waals surface area contributed by atoms with Crippen LogP contribution in [0.1, 0.15) is 5.56 Å². The van der Waals surface area contributed by atoms with E-state index < -0.39 is 6.03 Å². The molecule has 0 aliphatic carbocycles. The molecule has 2 amide bonds. The summed E-state index contributed by atoms with van der Waals surface area (Å²) in [7, 11) is 0. The molecule has 3 nitrogen and oxygen atoms in total. The van der Waals surface area contributed by atoms with Crippen LogP contribution in [0.25, 0.3) is 0 Å². The number of rotatable bonds is 1. The number of anilines is 1. The molecule has 4 heteroatoms. The van der Waals surface area contributed by atoms with Gasteiger partial charge in [-0.3, -0.25) is 0 Å². The van der Waals surface area contributed by atoms with Crippen molar-refractivity contribution in [3.63, 3.8) is 0 Å². The van der Waals surface area contributed by atoms with Crippen molar-refractivity contribution in [2.75, 3.05) is 5.32 Å². The Morgan fingerprint density at radius 3 is 2.83 bits per heavy atom. The maximum atomic E-state index is 10.5.